The molecule has 0 radical (unpaired) electrons. The van der Waals surface area contributed by atoms with Crippen molar-refractivity contribution in [1.82, 2.24) is 0 Å². The molecule has 15 atom stereocenters. The minimum absolute atomic E-state index is 0.00713. The summed E-state index contributed by atoms with van der Waals surface area (Å²) in [4.78, 5) is 0. The van der Waals surface area contributed by atoms with E-state index in [1.165, 1.54) is 0 Å². The summed E-state index contributed by atoms with van der Waals surface area (Å²) in [6, 6.07) is 0. The van der Waals surface area contributed by atoms with Crippen LogP contribution in [0.15, 0.2) is 0 Å². The SMILES string of the molecule is COC[C@H]1O[C@@](COC)(O[C@H]2O[C@H](COCC3OC3C)[C@@H](OCC3OC3C)[C@H](OCC3OC3C)[C@H]2OC)[C@@H](OC)[C@@H]1OC. The molecule has 0 N–H and O–H groups in total. The fourth-order valence-electron chi connectivity index (χ4n) is 6.03. The summed E-state index contributed by atoms with van der Waals surface area (Å²) in [7, 11) is 7.91. The Hall–Kier alpha value is -0.560. The first-order chi connectivity index (χ1) is 20.8. The first kappa shape index (κ1) is 33.8. The highest BCUT2D eigenvalue weighted by molar-refractivity contribution is 5.01. The second kappa shape index (κ2) is 14.9. The zero-order chi connectivity index (χ0) is 30.7. The van der Waals surface area contributed by atoms with Gasteiger partial charge in [-0.1, -0.05) is 0 Å². The van der Waals surface area contributed by atoms with Gasteiger partial charge in [0, 0.05) is 35.5 Å². The van der Waals surface area contributed by atoms with Crippen LogP contribution in [0.2, 0.25) is 0 Å². The van der Waals surface area contributed by atoms with E-state index in [0.29, 0.717) is 19.8 Å². The van der Waals surface area contributed by atoms with Crippen LogP contribution in [0.4, 0.5) is 0 Å². The third-order valence-corrected chi connectivity index (χ3v) is 8.81. The van der Waals surface area contributed by atoms with Crippen molar-refractivity contribution in [1.29, 1.82) is 0 Å². The number of hydrogen-bond acceptors (Lipinski definition) is 14. The molecule has 14 heteroatoms. The Morgan fingerprint density at radius 2 is 1.09 bits per heavy atom. The van der Waals surface area contributed by atoms with Gasteiger partial charge in [-0.05, 0) is 20.8 Å². The van der Waals surface area contributed by atoms with Gasteiger partial charge in [0.25, 0.3) is 0 Å². The van der Waals surface area contributed by atoms with Gasteiger partial charge < -0.3 is 66.3 Å². The minimum atomic E-state index is -1.42. The Kier molecular flexibility index (Phi) is 11.7. The van der Waals surface area contributed by atoms with Crippen molar-refractivity contribution in [3.8, 4) is 0 Å². The maximum absolute atomic E-state index is 6.73. The molecule has 5 heterocycles. The standard InChI is InChI=1S/C29H50O14/c1-15-18(38-15)10-35-11-21-23(36-12-19-16(2)39-19)25(37-13-20-17(3)40-20)26(33-7)28(41-21)43-29(14-31-5)27(34-8)24(32-6)22(42-29)9-30-4/h15-28H,9-14H2,1-8H3/t15?,16?,17?,18?,19?,20?,21-,22-,23-,24-,25+,26-,27+,28-,29+/m1/s1. The highest BCUT2D eigenvalue weighted by Crippen LogP contribution is 2.41. The monoisotopic (exact) mass is 622 g/mol. The third-order valence-electron chi connectivity index (χ3n) is 8.81. The second-order valence-electron chi connectivity index (χ2n) is 11.8. The Labute approximate surface area is 254 Å². The lowest BCUT2D eigenvalue weighted by Gasteiger charge is -2.47. The predicted molar refractivity (Wildman–Crippen MR) is 147 cm³/mol. The first-order valence-electron chi connectivity index (χ1n) is 15.1. The molecule has 14 nitrogen and oxygen atoms in total. The second-order valence-corrected chi connectivity index (χ2v) is 11.8. The molecular formula is C29H50O14. The highest BCUT2D eigenvalue weighted by Gasteiger charge is 2.61. The van der Waals surface area contributed by atoms with Crippen LogP contribution in [-0.2, 0) is 66.3 Å². The van der Waals surface area contributed by atoms with Crippen molar-refractivity contribution < 1.29 is 66.3 Å². The van der Waals surface area contributed by atoms with Crippen LogP contribution in [-0.4, -0.2) is 167 Å². The van der Waals surface area contributed by atoms with Crippen molar-refractivity contribution >= 4 is 0 Å². The Balaban J connectivity index is 1.40. The van der Waals surface area contributed by atoms with Crippen LogP contribution in [0.25, 0.3) is 0 Å². The van der Waals surface area contributed by atoms with E-state index in [-0.39, 0.29) is 56.4 Å². The van der Waals surface area contributed by atoms with Gasteiger partial charge in [0.15, 0.2) is 6.29 Å². The maximum atomic E-state index is 6.73. The largest absolute Gasteiger partial charge is 0.382 e. The van der Waals surface area contributed by atoms with Crippen molar-refractivity contribution in [3.63, 3.8) is 0 Å². The minimum Gasteiger partial charge on any atom is -0.382 e. The van der Waals surface area contributed by atoms with E-state index in [1.807, 2.05) is 20.8 Å². The Morgan fingerprint density at radius 3 is 1.60 bits per heavy atom. The van der Waals surface area contributed by atoms with Crippen molar-refractivity contribution in [2.24, 2.45) is 0 Å². The molecule has 5 fully saturated rings. The molecular weight excluding hydrogens is 572 g/mol. The molecule has 5 aliphatic rings. The van der Waals surface area contributed by atoms with Gasteiger partial charge in [0.05, 0.1) is 51.3 Å². The van der Waals surface area contributed by atoms with Crippen LogP contribution in [0.3, 0.4) is 0 Å². The summed E-state index contributed by atoms with van der Waals surface area (Å²) < 4.78 is 84.4. The molecule has 5 saturated heterocycles. The lowest BCUT2D eigenvalue weighted by molar-refractivity contribution is -0.392. The summed E-state index contributed by atoms with van der Waals surface area (Å²) in [5, 5.41) is 0. The lowest BCUT2D eigenvalue weighted by atomic mass is 9.97. The van der Waals surface area contributed by atoms with Crippen LogP contribution >= 0.6 is 0 Å². The zero-order valence-electron chi connectivity index (χ0n) is 26.5. The van der Waals surface area contributed by atoms with Gasteiger partial charge in [-0.2, -0.15) is 0 Å². The van der Waals surface area contributed by atoms with Crippen LogP contribution in [0, 0.1) is 0 Å². The molecule has 0 bridgehead atoms. The number of epoxide rings is 3. The lowest BCUT2D eigenvalue weighted by Crippen LogP contribution is -2.65. The van der Waals surface area contributed by atoms with Crippen molar-refractivity contribution in [3.05, 3.63) is 0 Å². The topological polar surface area (TPSA) is 139 Å². The fraction of sp³-hybridized carbons (Fsp3) is 1.00. The molecule has 0 spiro atoms. The molecule has 0 aromatic heterocycles. The molecule has 5 aliphatic heterocycles. The van der Waals surface area contributed by atoms with Gasteiger partial charge in [-0.25, -0.2) is 0 Å². The van der Waals surface area contributed by atoms with Crippen LogP contribution in [0.5, 0.6) is 0 Å². The average Bonchev–Trinajstić information content (AvgIpc) is 3.94. The van der Waals surface area contributed by atoms with Gasteiger partial charge >= 0.3 is 0 Å². The van der Waals surface area contributed by atoms with Gasteiger partial charge in [0.1, 0.15) is 67.6 Å². The molecule has 0 aliphatic carbocycles. The summed E-state index contributed by atoms with van der Waals surface area (Å²) in [6.45, 7) is 7.70. The molecule has 5 rings (SSSR count). The van der Waals surface area contributed by atoms with E-state index in [4.69, 9.17) is 66.3 Å². The highest BCUT2D eigenvalue weighted by atomic mass is 16.8. The smallest absolute Gasteiger partial charge is 0.224 e. The summed E-state index contributed by atoms with van der Waals surface area (Å²) in [5.41, 5.74) is 0. The van der Waals surface area contributed by atoms with E-state index in [1.54, 1.807) is 35.5 Å². The van der Waals surface area contributed by atoms with E-state index in [0.717, 1.165) is 0 Å². The maximum Gasteiger partial charge on any atom is 0.224 e. The molecule has 6 unspecified atom stereocenters. The molecule has 0 saturated carbocycles. The molecule has 43 heavy (non-hydrogen) atoms. The van der Waals surface area contributed by atoms with E-state index in [2.05, 4.69) is 0 Å². The molecule has 0 amide bonds. The number of rotatable bonds is 19. The summed E-state index contributed by atoms with van der Waals surface area (Å²) in [5.74, 6) is -1.42. The van der Waals surface area contributed by atoms with Crippen LogP contribution in [0.1, 0.15) is 20.8 Å². The normalized spacial score (nSPS) is 47.2. The summed E-state index contributed by atoms with van der Waals surface area (Å²) in [6.07, 6.45) is -4.63. The number of methoxy groups -OCH3 is 5. The number of ether oxygens (including phenoxy) is 14. The Bertz CT molecular complexity index is 867. The summed E-state index contributed by atoms with van der Waals surface area (Å²) >= 11 is 0. The predicted octanol–water partition coefficient (Wildman–Crippen LogP) is 0.310. The molecule has 0 aromatic rings. The number of hydrogen-bond donors (Lipinski definition) is 0. The molecule has 0 aromatic carbocycles. The average molecular weight is 623 g/mol. The fourth-order valence-corrected chi connectivity index (χ4v) is 6.03. The molecule has 250 valence electrons. The van der Waals surface area contributed by atoms with Crippen molar-refractivity contribution in [2.45, 2.75) is 112 Å². The van der Waals surface area contributed by atoms with E-state index >= 15 is 0 Å². The Morgan fingerprint density at radius 1 is 0.535 bits per heavy atom. The van der Waals surface area contributed by atoms with E-state index in [9.17, 15) is 0 Å². The zero-order valence-corrected chi connectivity index (χ0v) is 26.5. The first-order valence-corrected chi connectivity index (χ1v) is 15.1. The van der Waals surface area contributed by atoms with Gasteiger partial charge in [0.2, 0.25) is 5.79 Å². The van der Waals surface area contributed by atoms with Crippen molar-refractivity contribution in [2.75, 3.05) is 75.2 Å². The van der Waals surface area contributed by atoms with Gasteiger partial charge in [-0.15, -0.1) is 0 Å². The third kappa shape index (κ3) is 7.88. The van der Waals surface area contributed by atoms with Crippen LogP contribution < -0.4 is 0 Å². The quantitative estimate of drug-likeness (QED) is 0.183. The van der Waals surface area contributed by atoms with E-state index < -0.39 is 54.8 Å². The van der Waals surface area contributed by atoms with Gasteiger partial charge in [-0.3, -0.25) is 0 Å².